The van der Waals surface area contributed by atoms with Crippen LogP contribution in [0.15, 0.2) is 42.5 Å². The molecule has 1 aromatic carbocycles. The highest BCUT2D eigenvalue weighted by atomic mass is 35.5. The molecular formula is C16H12Cl2N2S. The molecule has 5 heteroatoms. The van der Waals surface area contributed by atoms with Crippen LogP contribution in [0, 0.1) is 0 Å². The van der Waals surface area contributed by atoms with Crippen molar-refractivity contribution in [3.63, 3.8) is 0 Å². The Labute approximate surface area is 137 Å². The van der Waals surface area contributed by atoms with E-state index in [1.54, 1.807) is 11.3 Å². The van der Waals surface area contributed by atoms with Crippen LogP contribution < -0.4 is 0 Å². The predicted octanol–water partition coefficient (Wildman–Crippen LogP) is 5.74. The Hall–Kier alpha value is -1.42. The summed E-state index contributed by atoms with van der Waals surface area (Å²) < 4.78 is 0. The van der Waals surface area contributed by atoms with E-state index in [0.29, 0.717) is 21.7 Å². The summed E-state index contributed by atoms with van der Waals surface area (Å²) in [6, 6.07) is 13.8. The molecule has 0 atom stereocenters. The van der Waals surface area contributed by atoms with Gasteiger partial charge < -0.3 is 0 Å². The SMILES string of the molecule is CCc1ccc(-c2nc(Cl)c(-c3ccccc3)c(Cl)n2)s1. The molecule has 0 unspecified atom stereocenters. The molecule has 3 aromatic rings. The van der Waals surface area contributed by atoms with Crippen molar-refractivity contribution in [3.05, 3.63) is 57.6 Å². The fraction of sp³-hybridized carbons (Fsp3) is 0.125. The van der Waals surface area contributed by atoms with Crippen LogP contribution in [0.3, 0.4) is 0 Å². The first kappa shape index (κ1) is 14.5. The van der Waals surface area contributed by atoms with E-state index in [9.17, 15) is 0 Å². The highest BCUT2D eigenvalue weighted by molar-refractivity contribution is 7.15. The fourth-order valence-electron chi connectivity index (χ4n) is 2.05. The molecule has 2 heterocycles. The molecular weight excluding hydrogens is 323 g/mol. The Morgan fingerprint density at radius 1 is 0.952 bits per heavy atom. The van der Waals surface area contributed by atoms with Crippen LogP contribution in [0.4, 0.5) is 0 Å². The first-order chi connectivity index (χ1) is 10.2. The van der Waals surface area contributed by atoms with Gasteiger partial charge in [-0.05, 0) is 24.1 Å². The van der Waals surface area contributed by atoms with Crippen molar-refractivity contribution >= 4 is 34.5 Å². The summed E-state index contributed by atoms with van der Waals surface area (Å²) in [6.07, 6.45) is 0.994. The highest BCUT2D eigenvalue weighted by Crippen LogP contribution is 2.35. The fourth-order valence-corrected chi connectivity index (χ4v) is 3.54. The van der Waals surface area contributed by atoms with Crippen molar-refractivity contribution in [2.45, 2.75) is 13.3 Å². The molecule has 0 radical (unpaired) electrons. The Kier molecular flexibility index (Phi) is 4.24. The average Bonchev–Trinajstić information content (AvgIpc) is 2.96. The van der Waals surface area contributed by atoms with Gasteiger partial charge in [0.25, 0.3) is 0 Å². The summed E-state index contributed by atoms with van der Waals surface area (Å²) in [5, 5.41) is 0.755. The zero-order chi connectivity index (χ0) is 14.8. The monoisotopic (exact) mass is 334 g/mol. The lowest BCUT2D eigenvalue weighted by atomic mass is 10.1. The Morgan fingerprint density at radius 3 is 2.19 bits per heavy atom. The number of nitrogens with zero attached hydrogens (tertiary/aromatic N) is 2. The van der Waals surface area contributed by atoms with E-state index in [1.165, 1.54) is 4.88 Å². The summed E-state index contributed by atoms with van der Waals surface area (Å²) in [6.45, 7) is 2.12. The topological polar surface area (TPSA) is 25.8 Å². The lowest BCUT2D eigenvalue weighted by Crippen LogP contribution is -1.93. The first-order valence-electron chi connectivity index (χ1n) is 6.56. The van der Waals surface area contributed by atoms with Crippen LogP contribution in [-0.4, -0.2) is 9.97 Å². The van der Waals surface area contributed by atoms with Gasteiger partial charge in [-0.25, -0.2) is 9.97 Å². The Balaban J connectivity index is 2.08. The van der Waals surface area contributed by atoms with Crippen LogP contribution in [0.25, 0.3) is 21.8 Å². The third kappa shape index (κ3) is 2.95. The minimum absolute atomic E-state index is 0.377. The maximum Gasteiger partial charge on any atom is 0.172 e. The van der Waals surface area contributed by atoms with Gasteiger partial charge in [-0.1, -0.05) is 60.5 Å². The second kappa shape index (κ2) is 6.14. The normalized spacial score (nSPS) is 10.8. The Bertz CT molecular complexity index is 746. The number of halogens is 2. The van der Waals surface area contributed by atoms with Gasteiger partial charge >= 0.3 is 0 Å². The highest BCUT2D eigenvalue weighted by Gasteiger charge is 2.15. The number of thiophene rings is 1. The van der Waals surface area contributed by atoms with Crippen LogP contribution >= 0.6 is 34.5 Å². The molecule has 0 amide bonds. The molecule has 0 N–H and O–H groups in total. The van der Waals surface area contributed by atoms with Gasteiger partial charge in [-0.3, -0.25) is 0 Å². The molecule has 0 aliphatic heterocycles. The molecule has 3 rings (SSSR count). The van der Waals surface area contributed by atoms with Gasteiger partial charge in [0.15, 0.2) is 5.82 Å². The predicted molar refractivity (Wildman–Crippen MR) is 90.2 cm³/mol. The maximum atomic E-state index is 6.33. The minimum atomic E-state index is 0.377. The van der Waals surface area contributed by atoms with Crippen molar-refractivity contribution in [1.82, 2.24) is 9.97 Å². The lowest BCUT2D eigenvalue weighted by Gasteiger charge is -2.07. The van der Waals surface area contributed by atoms with E-state index in [1.807, 2.05) is 36.4 Å². The van der Waals surface area contributed by atoms with Crippen molar-refractivity contribution in [2.24, 2.45) is 0 Å². The summed E-state index contributed by atoms with van der Waals surface area (Å²) >= 11 is 14.3. The van der Waals surface area contributed by atoms with Gasteiger partial charge in [0.2, 0.25) is 0 Å². The molecule has 0 aliphatic rings. The standard InChI is InChI=1S/C16H12Cl2N2S/c1-2-11-8-9-12(21-11)16-19-14(17)13(15(18)20-16)10-6-4-3-5-7-10/h3-9H,2H2,1H3. The zero-order valence-corrected chi connectivity index (χ0v) is 13.6. The first-order valence-corrected chi connectivity index (χ1v) is 8.14. The maximum absolute atomic E-state index is 6.33. The number of benzene rings is 1. The molecule has 2 aromatic heterocycles. The van der Waals surface area contributed by atoms with Crippen molar-refractivity contribution in [2.75, 3.05) is 0 Å². The third-order valence-corrected chi connectivity index (χ3v) is 4.89. The molecule has 21 heavy (non-hydrogen) atoms. The quantitative estimate of drug-likeness (QED) is 0.570. The number of aromatic nitrogens is 2. The largest absolute Gasteiger partial charge is 0.215 e. The molecule has 0 spiro atoms. The summed E-state index contributed by atoms with van der Waals surface area (Å²) in [4.78, 5) is 11.1. The number of hydrogen-bond acceptors (Lipinski definition) is 3. The van der Waals surface area contributed by atoms with E-state index in [4.69, 9.17) is 23.2 Å². The number of aryl methyl sites for hydroxylation is 1. The summed E-state index contributed by atoms with van der Waals surface area (Å²) in [5.41, 5.74) is 1.59. The molecule has 0 bridgehead atoms. The van der Waals surface area contributed by atoms with E-state index in [0.717, 1.165) is 16.9 Å². The Morgan fingerprint density at radius 2 is 1.62 bits per heavy atom. The van der Waals surface area contributed by atoms with Gasteiger partial charge in [0, 0.05) is 4.88 Å². The summed E-state index contributed by atoms with van der Waals surface area (Å²) in [7, 11) is 0. The van der Waals surface area contributed by atoms with E-state index < -0.39 is 0 Å². The van der Waals surface area contributed by atoms with E-state index in [-0.39, 0.29) is 0 Å². The zero-order valence-electron chi connectivity index (χ0n) is 11.3. The van der Waals surface area contributed by atoms with Gasteiger partial charge in [0.1, 0.15) is 10.3 Å². The van der Waals surface area contributed by atoms with Crippen molar-refractivity contribution < 1.29 is 0 Å². The van der Waals surface area contributed by atoms with Crippen LogP contribution in [0.2, 0.25) is 10.3 Å². The molecule has 2 nitrogen and oxygen atoms in total. The second-order valence-corrected chi connectivity index (χ2v) is 6.37. The van der Waals surface area contributed by atoms with Crippen LogP contribution in [0.5, 0.6) is 0 Å². The number of rotatable bonds is 3. The lowest BCUT2D eigenvalue weighted by molar-refractivity contribution is 1.19. The molecule has 106 valence electrons. The average molecular weight is 335 g/mol. The molecule has 0 saturated heterocycles. The van der Waals surface area contributed by atoms with Crippen molar-refractivity contribution in [3.8, 4) is 21.8 Å². The van der Waals surface area contributed by atoms with Crippen molar-refractivity contribution in [1.29, 1.82) is 0 Å². The second-order valence-electron chi connectivity index (χ2n) is 4.49. The minimum Gasteiger partial charge on any atom is -0.215 e. The third-order valence-electron chi connectivity index (χ3n) is 3.11. The smallest absolute Gasteiger partial charge is 0.172 e. The van der Waals surface area contributed by atoms with E-state index in [2.05, 4.69) is 23.0 Å². The number of hydrogen-bond donors (Lipinski definition) is 0. The van der Waals surface area contributed by atoms with Gasteiger partial charge in [-0.2, -0.15) is 0 Å². The van der Waals surface area contributed by atoms with Gasteiger partial charge in [-0.15, -0.1) is 11.3 Å². The van der Waals surface area contributed by atoms with Gasteiger partial charge in [0.05, 0.1) is 10.4 Å². The van der Waals surface area contributed by atoms with E-state index >= 15 is 0 Å². The van der Waals surface area contributed by atoms with Crippen LogP contribution in [-0.2, 0) is 6.42 Å². The van der Waals surface area contributed by atoms with Crippen LogP contribution in [0.1, 0.15) is 11.8 Å². The molecule has 0 saturated carbocycles. The molecule has 0 aliphatic carbocycles. The molecule has 0 fully saturated rings. The summed E-state index contributed by atoms with van der Waals surface area (Å²) in [5.74, 6) is 0.578.